The van der Waals surface area contributed by atoms with E-state index in [1.54, 1.807) is 0 Å². The Balaban J connectivity index is 5.14. The van der Waals surface area contributed by atoms with Gasteiger partial charge in [-0.2, -0.15) is 52.7 Å². The molecule has 0 saturated heterocycles. The van der Waals surface area contributed by atoms with Crippen molar-refractivity contribution < 1.29 is 66.6 Å². The fourth-order valence-corrected chi connectivity index (χ4v) is 1.84. The lowest BCUT2D eigenvalue weighted by molar-refractivity contribution is -0.348. The highest BCUT2D eigenvalue weighted by Crippen LogP contribution is 2.51. The maximum absolute atomic E-state index is 13.3. The molecule has 1 nitrogen and oxygen atoms in total. The number of hydrogen-bond donors (Lipinski definition) is 1. The zero-order valence-electron chi connectivity index (χ0n) is 12.1. The predicted molar refractivity (Wildman–Crippen MR) is 56.4 cm³/mol. The van der Waals surface area contributed by atoms with Crippen LogP contribution in [0, 0.1) is 0 Å². The minimum atomic E-state index is -6.56. The first-order valence-electron chi connectivity index (χ1n) is 6.43. The summed E-state index contributed by atoms with van der Waals surface area (Å²) in [7, 11) is 0. The smallest absolute Gasteiger partial charge is 0.393 e. The summed E-state index contributed by atoms with van der Waals surface area (Å²) in [4.78, 5) is 0. The van der Waals surface area contributed by atoms with Crippen LogP contribution in [0.1, 0.15) is 25.7 Å². The number of aliphatic hydroxyl groups is 1. The van der Waals surface area contributed by atoms with Gasteiger partial charge in [-0.05, 0) is 19.3 Å². The fourth-order valence-electron chi connectivity index (χ4n) is 1.84. The molecule has 0 aliphatic rings. The van der Waals surface area contributed by atoms with Gasteiger partial charge < -0.3 is 5.11 Å². The third-order valence-corrected chi connectivity index (χ3v) is 3.37. The van der Waals surface area contributed by atoms with Gasteiger partial charge in [0.05, 0.1) is 6.10 Å². The second kappa shape index (κ2) is 7.19. The highest BCUT2D eigenvalue weighted by atomic mass is 19.4. The van der Waals surface area contributed by atoms with Crippen LogP contribution in [-0.4, -0.2) is 47.3 Å². The van der Waals surface area contributed by atoms with Crippen molar-refractivity contribution in [1.82, 2.24) is 0 Å². The topological polar surface area (TPSA) is 20.2 Å². The molecule has 0 aromatic carbocycles. The molecule has 0 saturated carbocycles. The molecule has 158 valence electrons. The van der Waals surface area contributed by atoms with Crippen molar-refractivity contribution in [2.24, 2.45) is 0 Å². The Kier molecular flexibility index (Phi) is 6.90. The maximum Gasteiger partial charge on any atom is 0.431 e. The van der Waals surface area contributed by atoms with Crippen molar-refractivity contribution in [3.63, 3.8) is 0 Å². The van der Waals surface area contributed by atoms with Crippen molar-refractivity contribution in [2.75, 3.05) is 0 Å². The van der Waals surface area contributed by atoms with E-state index in [1.165, 1.54) is 0 Å². The van der Waals surface area contributed by atoms with Crippen molar-refractivity contribution in [3.05, 3.63) is 0 Å². The van der Waals surface area contributed by atoms with Crippen LogP contribution < -0.4 is 0 Å². The zero-order chi connectivity index (χ0) is 21.4. The van der Waals surface area contributed by atoms with Crippen LogP contribution in [-0.2, 0) is 0 Å². The Bertz CT molecular complexity index is 427. The summed E-state index contributed by atoms with van der Waals surface area (Å²) in [6.45, 7) is 0. The van der Waals surface area contributed by atoms with Gasteiger partial charge in [-0.25, -0.2) is 8.78 Å². The number of alkyl halides is 14. The van der Waals surface area contributed by atoms with Crippen LogP contribution in [0.3, 0.4) is 0 Å². The average Bonchev–Trinajstić information content (AvgIpc) is 2.32. The Hall–Kier alpha value is -1.02. The molecule has 1 N–H and O–H groups in total. The third-order valence-electron chi connectivity index (χ3n) is 3.37. The Morgan fingerprint density at radius 2 is 0.846 bits per heavy atom. The van der Waals surface area contributed by atoms with Gasteiger partial charge in [0.2, 0.25) is 0 Å². The molecule has 0 radical (unpaired) electrons. The molecule has 0 spiro atoms. The lowest BCUT2D eigenvalue weighted by atomic mass is 9.91. The minimum Gasteiger partial charge on any atom is -0.393 e. The first kappa shape index (κ1) is 25.0. The monoisotopic (exact) mass is 424 g/mol. The molecule has 0 amide bonds. The molecule has 0 aliphatic heterocycles. The average molecular weight is 424 g/mol. The van der Waals surface area contributed by atoms with E-state index in [0.717, 1.165) is 0 Å². The van der Waals surface area contributed by atoms with E-state index >= 15 is 0 Å². The number of hydrogen-bond acceptors (Lipinski definition) is 1. The lowest BCUT2D eigenvalue weighted by Crippen LogP contribution is -2.55. The highest BCUT2D eigenvalue weighted by molar-refractivity contribution is 4.97. The molecule has 0 aromatic rings. The summed E-state index contributed by atoms with van der Waals surface area (Å²) in [5.41, 5.74) is -11.7. The van der Waals surface area contributed by atoms with Crippen LogP contribution in [0.15, 0.2) is 0 Å². The SMILES string of the molecule is OC(CCCC(F)(C(F)(F)F)C(F)(F)F)CC(F)(C(F)(F)F)C(F)(F)F. The summed E-state index contributed by atoms with van der Waals surface area (Å²) in [6.07, 6.45) is -37.4. The van der Waals surface area contributed by atoms with Crippen LogP contribution in [0.4, 0.5) is 61.5 Å². The molecular weight excluding hydrogens is 414 g/mol. The van der Waals surface area contributed by atoms with Crippen LogP contribution >= 0.6 is 0 Å². The Morgan fingerprint density at radius 3 is 1.12 bits per heavy atom. The number of rotatable bonds is 6. The van der Waals surface area contributed by atoms with E-state index in [-0.39, 0.29) is 0 Å². The fraction of sp³-hybridized carbons (Fsp3) is 1.00. The quantitative estimate of drug-likeness (QED) is 0.553. The van der Waals surface area contributed by atoms with Crippen molar-refractivity contribution in [1.29, 1.82) is 0 Å². The molecule has 0 aliphatic carbocycles. The zero-order valence-corrected chi connectivity index (χ0v) is 12.1. The summed E-state index contributed by atoms with van der Waals surface area (Å²) < 4.78 is 173. The van der Waals surface area contributed by atoms with E-state index in [0.29, 0.717) is 0 Å². The first-order valence-corrected chi connectivity index (χ1v) is 6.43. The lowest BCUT2D eigenvalue weighted by Gasteiger charge is -2.32. The molecule has 0 aromatic heterocycles. The molecule has 0 heterocycles. The van der Waals surface area contributed by atoms with Gasteiger partial charge in [0.15, 0.2) is 0 Å². The maximum atomic E-state index is 13.3. The number of halogens is 14. The molecule has 15 heteroatoms. The van der Waals surface area contributed by atoms with E-state index in [9.17, 15) is 61.5 Å². The van der Waals surface area contributed by atoms with Crippen molar-refractivity contribution in [3.8, 4) is 0 Å². The Morgan fingerprint density at radius 1 is 0.538 bits per heavy atom. The second-order valence-electron chi connectivity index (χ2n) is 5.34. The normalized spacial score (nSPS) is 16.7. The van der Waals surface area contributed by atoms with Crippen molar-refractivity contribution in [2.45, 2.75) is 67.8 Å². The first-order chi connectivity index (χ1) is 11.1. The van der Waals surface area contributed by atoms with Gasteiger partial charge in [0, 0.05) is 6.42 Å². The molecule has 1 atom stereocenters. The number of aliphatic hydroxyl groups excluding tert-OH is 1. The second-order valence-corrected chi connectivity index (χ2v) is 5.34. The third kappa shape index (κ3) is 5.03. The molecular formula is C11H10F14O. The van der Waals surface area contributed by atoms with Gasteiger partial charge in [0.1, 0.15) is 0 Å². The molecule has 0 bridgehead atoms. The van der Waals surface area contributed by atoms with Crippen LogP contribution in [0.25, 0.3) is 0 Å². The summed E-state index contributed by atoms with van der Waals surface area (Å²) in [5, 5.41) is 8.99. The predicted octanol–water partition coefficient (Wildman–Crippen LogP) is 5.57. The molecule has 26 heavy (non-hydrogen) atoms. The highest BCUT2D eigenvalue weighted by Gasteiger charge is 2.73. The van der Waals surface area contributed by atoms with E-state index in [4.69, 9.17) is 5.11 Å². The van der Waals surface area contributed by atoms with Crippen molar-refractivity contribution >= 4 is 0 Å². The van der Waals surface area contributed by atoms with E-state index in [1.807, 2.05) is 0 Å². The van der Waals surface area contributed by atoms with Gasteiger partial charge >= 0.3 is 30.4 Å². The van der Waals surface area contributed by atoms with E-state index in [2.05, 4.69) is 0 Å². The van der Waals surface area contributed by atoms with Crippen LogP contribution in [0.5, 0.6) is 0 Å². The summed E-state index contributed by atoms with van der Waals surface area (Å²) >= 11 is 0. The molecule has 1 unspecified atom stereocenters. The van der Waals surface area contributed by atoms with E-state index < -0.39 is 67.8 Å². The molecule has 0 rings (SSSR count). The van der Waals surface area contributed by atoms with Crippen LogP contribution in [0.2, 0.25) is 0 Å². The summed E-state index contributed by atoms with van der Waals surface area (Å²) in [6, 6.07) is 0. The Labute approximate surface area is 136 Å². The standard InChI is InChI=1S/C11H10F14O/c12-6(8(14,15)16,9(17,18)19)3-1-2-5(26)4-7(13,10(20,21)22)11(23,24)25/h5,26H,1-4H2. The minimum absolute atomic E-state index is 1.57. The van der Waals surface area contributed by atoms with Gasteiger partial charge in [-0.1, -0.05) is 0 Å². The largest absolute Gasteiger partial charge is 0.431 e. The van der Waals surface area contributed by atoms with Gasteiger partial charge in [-0.3, -0.25) is 0 Å². The molecule has 0 fully saturated rings. The summed E-state index contributed by atoms with van der Waals surface area (Å²) in [5.74, 6) is 0. The van der Waals surface area contributed by atoms with Gasteiger partial charge in [-0.15, -0.1) is 0 Å². The van der Waals surface area contributed by atoms with Gasteiger partial charge in [0.25, 0.3) is 5.67 Å².